The van der Waals surface area contributed by atoms with Gasteiger partial charge in [-0.2, -0.15) is 0 Å². The quantitative estimate of drug-likeness (QED) is 0.885. The van der Waals surface area contributed by atoms with Gasteiger partial charge < -0.3 is 10.2 Å². The van der Waals surface area contributed by atoms with E-state index in [0.717, 1.165) is 16.3 Å². The minimum Gasteiger partial charge on any atom is -0.332 e. The molecule has 3 rings (SSSR count). The number of hydrogen-bond acceptors (Lipinski definition) is 5. The van der Waals surface area contributed by atoms with E-state index in [9.17, 15) is 13.2 Å². The molecule has 25 heavy (non-hydrogen) atoms. The molecule has 0 radical (unpaired) electrons. The Morgan fingerprint density at radius 3 is 2.72 bits per heavy atom. The van der Waals surface area contributed by atoms with Crippen LogP contribution in [0.3, 0.4) is 0 Å². The second-order valence-corrected chi connectivity index (χ2v) is 9.74. The van der Waals surface area contributed by atoms with Crippen LogP contribution in [0.15, 0.2) is 35.7 Å². The Morgan fingerprint density at radius 1 is 1.36 bits per heavy atom. The summed E-state index contributed by atoms with van der Waals surface area (Å²) < 4.78 is 23.3. The molecule has 0 unspecified atom stereocenters. The van der Waals surface area contributed by atoms with E-state index in [0.29, 0.717) is 13.0 Å². The fourth-order valence-electron chi connectivity index (χ4n) is 2.87. The second kappa shape index (κ2) is 6.76. The van der Waals surface area contributed by atoms with E-state index in [1.807, 2.05) is 35.7 Å². The predicted molar refractivity (Wildman–Crippen MR) is 99.2 cm³/mol. The summed E-state index contributed by atoms with van der Waals surface area (Å²) in [6.07, 6.45) is 0.448. The van der Waals surface area contributed by atoms with E-state index in [4.69, 9.17) is 0 Å². The van der Waals surface area contributed by atoms with Gasteiger partial charge in [-0.05, 0) is 13.3 Å². The summed E-state index contributed by atoms with van der Waals surface area (Å²) in [5.74, 6) is 0.119. The zero-order valence-corrected chi connectivity index (χ0v) is 15.9. The third-order valence-electron chi connectivity index (χ3n) is 4.23. The van der Waals surface area contributed by atoms with Crippen molar-refractivity contribution in [3.63, 3.8) is 0 Å². The molecule has 8 heteroatoms. The van der Waals surface area contributed by atoms with Crippen LogP contribution in [0.2, 0.25) is 0 Å². The molecule has 1 aromatic heterocycles. The zero-order chi connectivity index (χ0) is 18.1. The lowest BCUT2D eigenvalue weighted by molar-refractivity contribution is 0.195. The smallest absolute Gasteiger partial charge is 0.317 e. The lowest BCUT2D eigenvalue weighted by Gasteiger charge is -2.27. The van der Waals surface area contributed by atoms with Crippen LogP contribution in [-0.4, -0.2) is 48.4 Å². The molecule has 0 aliphatic carbocycles. The Bertz CT molecular complexity index is 864. The molecule has 1 aliphatic rings. The maximum Gasteiger partial charge on any atom is 0.317 e. The van der Waals surface area contributed by atoms with Gasteiger partial charge in [0.15, 0.2) is 9.84 Å². The second-order valence-electron chi connectivity index (χ2n) is 6.70. The van der Waals surface area contributed by atoms with Crippen LogP contribution in [0.4, 0.5) is 4.79 Å². The van der Waals surface area contributed by atoms with Crippen LogP contribution in [0.25, 0.3) is 10.6 Å². The number of carbonyl (C=O) groups excluding carboxylic acids is 1. The molecule has 2 amide bonds. The summed E-state index contributed by atoms with van der Waals surface area (Å²) in [7, 11) is -1.37. The molecular weight excluding hydrogens is 358 g/mol. The number of carbonyl (C=O) groups is 1. The molecule has 1 aromatic carbocycles. The van der Waals surface area contributed by atoms with Gasteiger partial charge in [0.25, 0.3) is 0 Å². The van der Waals surface area contributed by atoms with Gasteiger partial charge in [0.05, 0.1) is 29.3 Å². The highest BCUT2D eigenvalue weighted by Crippen LogP contribution is 2.25. The fourth-order valence-corrected chi connectivity index (χ4v) is 5.78. The number of aromatic nitrogens is 1. The summed E-state index contributed by atoms with van der Waals surface area (Å²) in [5.41, 5.74) is 1.17. The molecular formula is C17H21N3O3S2. The zero-order valence-electron chi connectivity index (χ0n) is 14.2. The minimum absolute atomic E-state index is 0.00552. The number of nitrogens with one attached hydrogen (secondary N) is 1. The number of benzene rings is 1. The highest BCUT2D eigenvalue weighted by atomic mass is 32.2. The topological polar surface area (TPSA) is 79.4 Å². The molecule has 6 nitrogen and oxygen atoms in total. The average Bonchev–Trinajstić information content (AvgIpc) is 3.12. The fraction of sp³-hybridized carbons (Fsp3) is 0.412. The summed E-state index contributed by atoms with van der Waals surface area (Å²) in [5, 5.41) is 5.71. The van der Waals surface area contributed by atoms with Gasteiger partial charge in [-0.3, -0.25) is 0 Å². The van der Waals surface area contributed by atoms with E-state index >= 15 is 0 Å². The van der Waals surface area contributed by atoms with Crippen LogP contribution >= 0.6 is 11.3 Å². The number of urea groups is 1. The first-order chi connectivity index (χ1) is 11.8. The highest BCUT2D eigenvalue weighted by Gasteiger charge is 2.39. The Labute approximate surface area is 151 Å². The third-order valence-corrected chi connectivity index (χ3v) is 7.07. The first kappa shape index (κ1) is 17.9. The summed E-state index contributed by atoms with van der Waals surface area (Å²) >= 11 is 1.54. The highest BCUT2D eigenvalue weighted by molar-refractivity contribution is 7.91. The number of amides is 2. The lowest BCUT2D eigenvalue weighted by Crippen LogP contribution is -2.51. The Morgan fingerprint density at radius 2 is 2.08 bits per heavy atom. The van der Waals surface area contributed by atoms with Crippen molar-refractivity contribution in [3.8, 4) is 10.6 Å². The standard InChI is InChI=1S/C17H21N3O3S2/c1-17(8-9-25(22,23)12-17)19-16(21)20(2)10-14-11-24-15(18-14)13-6-4-3-5-7-13/h3-7,11H,8-10,12H2,1-2H3,(H,19,21)/t17-/m1/s1. The number of rotatable bonds is 4. The van der Waals surface area contributed by atoms with Crippen molar-refractivity contribution in [2.75, 3.05) is 18.6 Å². The predicted octanol–water partition coefficient (Wildman–Crippen LogP) is 2.53. The van der Waals surface area contributed by atoms with E-state index in [1.165, 1.54) is 16.2 Å². The maximum absolute atomic E-state index is 12.4. The van der Waals surface area contributed by atoms with Crippen molar-refractivity contribution >= 4 is 27.2 Å². The third kappa shape index (κ3) is 4.38. The molecule has 1 aliphatic heterocycles. The Kier molecular flexibility index (Phi) is 4.83. The molecule has 1 atom stereocenters. The van der Waals surface area contributed by atoms with Crippen LogP contribution in [0.1, 0.15) is 19.0 Å². The SMILES string of the molecule is CN(Cc1csc(-c2ccccc2)n1)C(=O)N[C@]1(C)CCS(=O)(=O)C1. The molecule has 1 N–H and O–H groups in total. The minimum atomic E-state index is -3.06. The molecule has 0 spiro atoms. The lowest BCUT2D eigenvalue weighted by atomic mass is 10.0. The number of hydrogen-bond donors (Lipinski definition) is 1. The van der Waals surface area contributed by atoms with Gasteiger partial charge in [0, 0.05) is 18.0 Å². The van der Waals surface area contributed by atoms with Crippen LogP contribution in [0, 0.1) is 0 Å². The summed E-state index contributed by atoms with van der Waals surface area (Å²) in [6.45, 7) is 2.15. The van der Waals surface area contributed by atoms with Gasteiger partial charge in [-0.25, -0.2) is 18.2 Å². The molecule has 0 bridgehead atoms. The van der Waals surface area contributed by atoms with Crippen LogP contribution < -0.4 is 5.32 Å². The number of thiazole rings is 1. The van der Waals surface area contributed by atoms with Gasteiger partial charge in [0.1, 0.15) is 5.01 Å². The van der Waals surface area contributed by atoms with E-state index < -0.39 is 15.4 Å². The van der Waals surface area contributed by atoms with Gasteiger partial charge >= 0.3 is 6.03 Å². The van der Waals surface area contributed by atoms with E-state index in [-0.39, 0.29) is 17.5 Å². The largest absolute Gasteiger partial charge is 0.332 e. The molecule has 1 saturated heterocycles. The molecule has 0 saturated carbocycles. The number of nitrogens with zero attached hydrogens (tertiary/aromatic N) is 2. The first-order valence-electron chi connectivity index (χ1n) is 8.00. The molecule has 134 valence electrons. The summed E-state index contributed by atoms with van der Waals surface area (Å²) in [4.78, 5) is 18.5. The van der Waals surface area contributed by atoms with Crippen LogP contribution in [-0.2, 0) is 16.4 Å². The maximum atomic E-state index is 12.4. The van der Waals surface area contributed by atoms with Crippen molar-refractivity contribution < 1.29 is 13.2 Å². The number of sulfone groups is 1. The monoisotopic (exact) mass is 379 g/mol. The van der Waals surface area contributed by atoms with Crippen molar-refractivity contribution in [2.24, 2.45) is 0 Å². The molecule has 2 aromatic rings. The van der Waals surface area contributed by atoms with Gasteiger partial charge in [-0.15, -0.1) is 11.3 Å². The molecule has 2 heterocycles. The van der Waals surface area contributed by atoms with Crippen molar-refractivity contribution in [3.05, 3.63) is 41.4 Å². The van der Waals surface area contributed by atoms with Crippen molar-refractivity contribution in [2.45, 2.75) is 25.4 Å². The van der Waals surface area contributed by atoms with Crippen molar-refractivity contribution in [1.82, 2.24) is 15.2 Å². The Balaban J connectivity index is 1.62. The summed E-state index contributed by atoms with van der Waals surface area (Å²) in [6, 6.07) is 9.60. The average molecular weight is 380 g/mol. The first-order valence-corrected chi connectivity index (χ1v) is 10.7. The normalized spacial score (nSPS) is 21.8. The van der Waals surface area contributed by atoms with Gasteiger partial charge in [0.2, 0.25) is 0 Å². The Hall–Kier alpha value is -1.93. The van der Waals surface area contributed by atoms with Gasteiger partial charge in [-0.1, -0.05) is 30.3 Å². The van der Waals surface area contributed by atoms with Crippen molar-refractivity contribution in [1.29, 1.82) is 0 Å². The van der Waals surface area contributed by atoms with E-state index in [1.54, 1.807) is 14.0 Å². The van der Waals surface area contributed by atoms with Crippen LogP contribution in [0.5, 0.6) is 0 Å². The molecule has 1 fully saturated rings. The van der Waals surface area contributed by atoms with E-state index in [2.05, 4.69) is 10.3 Å².